The topological polar surface area (TPSA) is 58.2 Å². The van der Waals surface area contributed by atoms with Crippen LogP contribution in [0.3, 0.4) is 0 Å². The van der Waals surface area contributed by atoms with Gasteiger partial charge in [0.05, 0.1) is 0 Å². The van der Waals surface area contributed by atoms with Gasteiger partial charge in [-0.05, 0) is 18.6 Å². The summed E-state index contributed by atoms with van der Waals surface area (Å²) in [5.41, 5.74) is 2.33. The van der Waals surface area contributed by atoms with Crippen molar-refractivity contribution in [3.8, 4) is 0 Å². The maximum absolute atomic E-state index is 13.4. The monoisotopic (exact) mass is 300 g/mol. The van der Waals surface area contributed by atoms with Crippen LogP contribution in [0.1, 0.15) is 16.7 Å². The van der Waals surface area contributed by atoms with Gasteiger partial charge in [0.15, 0.2) is 0 Å². The van der Waals surface area contributed by atoms with Crippen molar-refractivity contribution in [2.75, 3.05) is 0 Å². The molecule has 0 saturated heterocycles. The van der Waals surface area contributed by atoms with Gasteiger partial charge in [-0.2, -0.15) is 0 Å². The largest absolute Gasteiger partial charge is 0.344 e. The SMILES string of the molecule is Cc1cccc(CNC(=O)C(=O)NCc2ccccc2F)c1. The third-order valence-electron chi connectivity index (χ3n) is 3.14. The fourth-order valence-corrected chi connectivity index (χ4v) is 1.98. The predicted octanol–water partition coefficient (Wildman–Crippen LogP) is 2.07. The van der Waals surface area contributed by atoms with Crippen LogP contribution >= 0.6 is 0 Å². The van der Waals surface area contributed by atoms with Gasteiger partial charge in [-0.1, -0.05) is 48.0 Å². The molecule has 2 aromatic carbocycles. The molecule has 0 heterocycles. The van der Waals surface area contributed by atoms with E-state index in [1.54, 1.807) is 18.2 Å². The Morgan fingerprint density at radius 1 is 0.955 bits per heavy atom. The minimum Gasteiger partial charge on any atom is -0.344 e. The van der Waals surface area contributed by atoms with Crippen LogP contribution in [0.4, 0.5) is 4.39 Å². The quantitative estimate of drug-likeness (QED) is 0.849. The average Bonchev–Trinajstić information content (AvgIpc) is 2.51. The first-order chi connectivity index (χ1) is 10.6. The van der Waals surface area contributed by atoms with E-state index in [0.717, 1.165) is 11.1 Å². The minimum atomic E-state index is -0.782. The van der Waals surface area contributed by atoms with E-state index < -0.39 is 17.6 Å². The lowest BCUT2D eigenvalue weighted by atomic mass is 10.1. The summed E-state index contributed by atoms with van der Waals surface area (Å²) in [4.78, 5) is 23.4. The molecule has 0 aliphatic carbocycles. The first kappa shape index (κ1) is 15.7. The molecule has 0 fully saturated rings. The smallest absolute Gasteiger partial charge is 0.309 e. The molecule has 0 spiro atoms. The predicted molar refractivity (Wildman–Crippen MR) is 81.3 cm³/mol. The number of carbonyl (C=O) groups excluding carboxylic acids is 2. The van der Waals surface area contributed by atoms with Gasteiger partial charge in [-0.15, -0.1) is 0 Å². The Morgan fingerprint density at radius 3 is 2.32 bits per heavy atom. The summed E-state index contributed by atoms with van der Waals surface area (Å²) < 4.78 is 13.4. The molecule has 0 aromatic heterocycles. The van der Waals surface area contributed by atoms with Crippen molar-refractivity contribution in [1.82, 2.24) is 10.6 Å². The third-order valence-corrected chi connectivity index (χ3v) is 3.14. The number of benzene rings is 2. The van der Waals surface area contributed by atoms with Gasteiger partial charge in [0.25, 0.3) is 0 Å². The standard InChI is InChI=1S/C17H17FN2O2/c1-12-5-4-6-13(9-12)10-19-16(21)17(22)20-11-14-7-2-3-8-15(14)18/h2-9H,10-11H2,1H3,(H,19,21)(H,20,22). The molecule has 2 amide bonds. The lowest BCUT2D eigenvalue weighted by Gasteiger charge is -2.07. The van der Waals surface area contributed by atoms with Crippen LogP contribution in [0.25, 0.3) is 0 Å². The van der Waals surface area contributed by atoms with Gasteiger partial charge in [0.2, 0.25) is 0 Å². The number of nitrogens with one attached hydrogen (secondary N) is 2. The first-order valence-corrected chi connectivity index (χ1v) is 6.91. The Balaban J connectivity index is 1.82. The van der Waals surface area contributed by atoms with Crippen molar-refractivity contribution in [2.24, 2.45) is 0 Å². The lowest BCUT2D eigenvalue weighted by Crippen LogP contribution is -2.39. The highest BCUT2D eigenvalue weighted by molar-refractivity contribution is 6.35. The van der Waals surface area contributed by atoms with Gasteiger partial charge in [-0.25, -0.2) is 4.39 Å². The zero-order chi connectivity index (χ0) is 15.9. The summed E-state index contributed by atoms with van der Waals surface area (Å²) in [6.45, 7) is 2.20. The molecule has 0 atom stereocenters. The van der Waals surface area contributed by atoms with E-state index in [9.17, 15) is 14.0 Å². The second-order valence-corrected chi connectivity index (χ2v) is 4.95. The fourth-order valence-electron chi connectivity index (χ4n) is 1.98. The molecule has 2 rings (SSSR count). The number of aryl methyl sites for hydroxylation is 1. The molecular weight excluding hydrogens is 283 g/mol. The van der Waals surface area contributed by atoms with Crippen molar-refractivity contribution in [2.45, 2.75) is 20.0 Å². The summed E-state index contributed by atoms with van der Waals surface area (Å²) in [5.74, 6) is -1.93. The Hall–Kier alpha value is -2.69. The molecular formula is C17H17FN2O2. The molecule has 0 saturated carbocycles. The summed E-state index contributed by atoms with van der Waals surface area (Å²) in [5, 5.41) is 4.93. The Labute approximate surface area is 128 Å². The lowest BCUT2D eigenvalue weighted by molar-refractivity contribution is -0.139. The molecule has 114 valence electrons. The van der Waals surface area contributed by atoms with E-state index in [1.165, 1.54) is 6.07 Å². The van der Waals surface area contributed by atoms with E-state index in [1.807, 2.05) is 31.2 Å². The molecule has 5 heteroatoms. The number of halogens is 1. The Kier molecular flexibility index (Phi) is 5.25. The number of hydrogen-bond donors (Lipinski definition) is 2. The summed E-state index contributed by atoms with van der Waals surface area (Å²) in [6.07, 6.45) is 0. The van der Waals surface area contributed by atoms with E-state index in [4.69, 9.17) is 0 Å². The van der Waals surface area contributed by atoms with Gasteiger partial charge >= 0.3 is 11.8 Å². The Morgan fingerprint density at radius 2 is 1.64 bits per heavy atom. The van der Waals surface area contributed by atoms with Crippen LogP contribution in [-0.2, 0) is 22.7 Å². The molecule has 0 radical (unpaired) electrons. The zero-order valence-electron chi connectivity index (χ0n) is 12.2. The van der Waals surface area contributed by atoms with E-state index in [-0.39, 0.29) is 13.1 Å². The minimum absolute atomic E-state index is 0.0244. The normalized spacial score (nSPS) is 10.1. The molecule has 0 unspecified atom stereocenters. The molecule has 2 N–H and O–H groups in total. The van der Waals surface area contributed by atoms with E-state index >= 15 is 0 Å². The summed E-state index contributed by atoms with van der Waals surface area (Å²) in [7, 11) is 0. The number of amides is 2. The molecule has 4 nitrogen and oxygen atoms in total. The highest BCUT2D eigenvalue weighted by Crippen LogP contribution is 2.05. The highest BCUT2D eigenvalue weighted by atomic mass is 19.1. The van der Waals surface area contributed by atoms with Gasteiger partial charge < -0.3 is 10.6 Å². The number of rotatable bonds is 4. The highest BCUT2D eigenvalue weighted by Gasteiger charge is 2.13. The third kappa shape index (κ3) is 4.41. The second-order valence-electron chi connectivity index (χ2n) is 4.95. The van der Waals surface area contributed by atoms with Crippen LogP contribution in [-0.4, -0.2) is 11.8 Å². The van der Waals surface area contributed by atoms with Crippen molar-refractivity contribution < 1.29 is 14.0 Å². The van der Waals surface area contributed by atoms with Gasteiger partial charge in [0, 0.05) is 18.7 Å². The van der Waals surface area contributed by atoms with E-state index in [2.05, 4.69) is 10.6 Å². The van der Waals surface area contributed by atoms with Crippen LogP contribution < -0.4 is 10.6 Å². The van der Waals surface area contributed by atoms with Crippen molar-refractivity contribution in [3.05, 3.63) is 71.0 Å². The van der Waals surface area contributed by atoms with Crippen molar-refractivity contribution >= 4 is 11.8 Å². The average molecular weight is 300 g/mol. The molecule has 22 heavy (non-hydrogen) atoms. The molecule has 0 bridgehead atoms. The second kappa shape index (κ2) is 7.36. The molecule has 0 aliphatic rings. The number of hydrogen-bond acceptors (Lipinski definition) is 2. The van der Waals surface area contributed by atoms with Crippen molar-refractivity contribution in [3.63, 3.8) is 0 Å². The van der Waals surface area contributed by atoms with E-state index in [0.29, 0.717) is 5.56 Å². The van der Waals surface area contributed by atoms with Crippen LogP contribution in [0.2, 0.25) is 0 Å². The zero-order valence-corrected chi connectivity index (χ0v) is 12.2. The van der Waals surface area contributed by atoms with Crippen LogP contribution in [0, 0.1) is 12.7 Å². The summed E-state index contributed by atoms with van der Waals surface area (Å²) in [6, 6.07) is 13.7. The van der Waals surface area contributed by atoms with Gasteiger partial charge in [0.1, 0.15) is 5.82 Å². The van der Waals surface area contributed by atoms with Gasteiger partial charge in [-0.3, -0.25) is 9.59 Å². The van der Waals surface area contributed by atoms with Crippen LogP contribution in [0.5, 0.6) is 0 Å². The van der Waals surface area contributed by atoms with Crippen molar-refractivity contribution in [1.29, 1.82) is 0 Å². The van der Waals surface area contributed by atoms with Crippen LogP contribution in [0.15, 0.2) is 48.5 Å². The fraction of sp³-hybridized carbons (Fsp3) is 0.176. The summed E-state index contributed by atoms with van der Waals surface area (Å²) >= 11 is 0. The Bertz CT molecular complexity index is 686. The maximum Gasteiger partial charge on any atom is 0.309 e. The maximum atomic E-state index is 13.4. The molecule has 0 aliphatic heterocycles. The first-order valence-electron chi connectivity index (χ1n) is 6.91. The number of carbonyl (C=O) groups is 2. The molecule has 2 aromatic rings.